The number of rotatable bonds is 4. The highest BCUT2D eigenvalue weighted by Crippen LogP contribution is 2.13. The molecule has 0 unspecified atom stereocenters. The second-order valence-electron chi connectivity index (χ2n) is 4.45. The lowest BCUT2D eigenvalue weighted by Gasteiger charge is -2.07. The van der Waals surface area contributed by atoms with Crippen LogP contribution in [0.25, 0.3) is 0 Å². The SMILES string of the molecule is CNCc1cccc(NC(=O)c2cnn(C)c2C)c1. The maximum Gasteiger partial charge on any atom is 0.259 e. The Bertz CT molecular complexity index is 589. The minimum Gasteiger partial charge on any atom is -0.322 e. The molecule has 0 aliphatic carbocycles. The number of benzene rings is 1. The van der Waals surface area contributed by atoms with E-state index in [2.05, 4.69) is 15.7 Å². The van der Waals surface area contributed by atoms with Crippen molar-refractivity contribution >= 4 is 11.6 Å². The fraction of sp³-hybridized carbons (Fsp3) is 0.286. The van der Waals surface area contributed by atoms with Crippen molar-refractivity contribution < 1.29 is 4.79 Å². The van der Waals surface area contributed by atoms with E-state index < -0.39 is 0 Å². The van der Waals surface area contributed by atoms with Crippen molar-refractivity contribution in [3.05, 3.63) is 47.3 Å². The number of carbonyl (C=O) groups excluding carboxylic acids is 1. The van der Waals surface area contributed by atoms with Gasteiger partial charge in [0.25, 0.3) is 5.91 Å². The molecule has 0 aliphatic rings. The van der Waals surface area contributed by atoms with Gasteiger partial charge in [0.15, 0.2) is 0 Å². The number of amides is 1. The maximum atomic E-state index is 12.1. The summed E-state index contributed by atoms with van der Waals surface area (Å²) in [5.41, 5.74) is 3.37. The van der Waals surface area contributed by atoms with E-state index in [1.807, 2.05) is 45.3 Å². The predicted octanol–water partition coefficient (Wildman–Crippen LogP) is 1.70. The maximum absolute atomic E-state index is 12.1. The Labute approximate surface area is 112 Å². The summed E-state index contributed by atoms with van der Waals surface area (Å²) in [5.74, 6) is -0.132. The summed E-state index contributed by atoms with van der Waals surface area (Å²) >= 11 is 0. The number of hydrogen-bond donors (Lipinski definition) is 2. The Kier molecular flexibility index (Phi) is 3.97. The Morgan fingerprint density at radius 2 is 2.21 bits per heavy atom. The standard InChI is InChI=1S/C14H18N4O/c1-10-13(9-16-18(10)3)14(19)17-12-6-4-5-11(7-12)8-15-2/h4-7,9,15H,8H2,1-3H3,(H,17,19). The summed E-state index contributed by atoms with van der Waals surface area (Å²) < 4.78 is 1.69. The van der Waals surface area contributed by atoms with Crippen molar-refractivity contribution in [2.75, 3.05) is 12.4 Å². The first kappa shape index (κ1) is 13.3. The highest BCUT2D eigenvalue weighted by molar-refractivity contribution is 6.04. The van der Waals surface area contributed by atoms with Crippen LogP contribution in [0.15, 0.2) is 30.5 Å². The Morgan fingerprint density at radius 3 is 2.84 bits per heavy atom. The lowest BCUT2D eigenvalue weighted by Crippen LogP contribution is -2.13. The number of nitrogens with zero attached hydrogens (tertiary/aromatic N) is 2. The molecule has 1 aromatic carbocycles. The summed E-state index contributed by atoms with van der Waals surface area (Å²) in [5, 5.41) is 10.0. The van der Waals surface area contributed by atoms with Gasteiger partial charge in [0.05, 0.1) is 11.8 Å². The summed E-state index contributed by atoms with van der Waals surface area (Å²) in [7, 11) is 3.71. The van der Waals surface area contributed by atoms with Gasteiger partial charge in [-0.15, -0.1) is 0 Å². The highest BCUT2D eigenvalue weighted by Gasteiger charge is 2.12. The molecule has 1 heterocycles. The fourth-order valence-electron chi connectivity index (χ4n) is 1.88. The van der Waals surface area contributed by atoms with Crippen LogP contribution in [-0.2, 0) is 13.6 Å². The number of aryl methyl sites for hydroxylation is 1. The van der Waals surface area contributed by atoms with Crippen LogP contribution in [0, 0.1) is 6.92 Å². The summed E-state index contributed by atoms with van der Waals surface area (Å²) in [4.78, 5) is 12.1. The van der Waals surface area contributed by atoms with E-state index in [4.69, 9.17) is 0 Å². The lowest BCUT2D eigenvalue weighted by atomic mass is 10.2. The van der Waals surface area contributed by atoms with E-state index in [0.29, 0.717) is 5.56 Å². The smallest absolute Gasteiger partial charge is 0.259 e. The fourth-order valence-corrected chi connectivity index (χ4v) is 1.88. The van der Waals surface area contributed by atoms with Gasteiger partial charge in [-0.1, -0.05) is 12.1 Å². The van der Waals surface area contributed by atoms with E-state index in [1.165, 1.54) is 0 Å². The summed E-state index contributed by atoms with van der Waals surface area (Å²) in [6.45, 7) is 2.65. The number of anilines is 1. The number of aromatic nitrogens is 2. The molecule has 100 valence electrons. The van der Waals surface area contributed by atoms with E-state index in [1.54, 1.807) is 10.9 Å². The molecular weight excluding hydrogens is 240 g/mol. The van der Waals surface area contributed by atoms with Crippen LogP contribution in [0.3, 0.4) is 0 Å². The molecular formula is C14H18N4O. The summed E-state index contributed by atoms with van der Waals surface area (Å²) in [6.07, 6.45) is 1.59. The summed E-state index contributed by atoms with van der Waals surface area (Å²) in [6, 6.07) is 7.78. The molecule has 2 aromatic rings. The molecule has 5 nitrogen and oxygen atoms in total. The molecule has 0 saturated carbocycles. The first-order chi connectivity index (χ1) is 9.11. The van der Waals surface area contributed by atoms with E-state index in [-0.39, 0.29) is 5.91 Å². The third kappa shape index (κ3) is 3.00. The van der Waals surface area contributed by atoms with Crippen LogP contribution in [0.2, 0.25) is 0 Å². The van der Waals surface area contributed by atoms with E-state index in [0.717, 1.165) is 23.5 Å². The topological polar surface area (TPSA) is 58.9 Å². The third-order valence-corrected chi connectivity index (χ3v) is 3.05. The van der Waals surface area contributed by atoms with Gasteiger partial charge in [-0.2, -0.15) is 5.10 Å². The molecule has 0 aliphatic heterocycles. The van der Waals surface area contributed by atoms with Crippen LogP contribution < -0.4 is 10.6 Å². The molecule has 19 heavy (non-hydrogen) atoms. The molecule has 0 spiro atoms. The van der Waals surface area contributed by atoms with Crippen LogP contribution >= 0.6 is 0 Å². The average molecular weight is 258 g/mol. The Morgan fingerprint density at radius 1 is 1.42 bits per heavy atom. The molecule has 1 amide bonds. The normalized spacial score (nSPS) is 10.5. The van der Waals surface area contributed by atoms with Crippen molar-refractivity contribution in [3.63, 3.8) is 0 Å². The van der Waals surface area contributed by atoms with Gasteiger partial charge in [-0.25, -0.2) is 0 Å². The molecule has 2 N–H and O–H groups in total. The Hall–Kier alpha value is -2.14. The van der Waals surface area contributed by atoms with Gasteiger partial charge in [0, 0.05) is 25.0 Å². The largest absolute Gasteiger partial charge is 0.322 e. The molecule has 0 bridgehead atoms. The molecule has 0 fully saturated rings. The van der Waals surface area contributed by atoms with Crippen molar-refractivity contribution in [2.24, 2.45) is 7.05 Å². The molecule has 0 radical (unpaired) electrons. The minimum atomic E-state index is -0.132. The van der Waals surface area contributed by atoms with Crippen molar-refractivity contribution in [2.45, 2.75) is 13.5 Å². The lowest BCUT2D eigenvalue weighted by molar-refractivity contribution is 0.102. The van der Waals surface area contributed by atoms with Crippen LogP contribution in [0.5, 0.6) is 0 Å². The zero-order valence-corrected chi connectivity index (χ0v) is 11.4. The molecule has 2 rings (SSSR count). The van der Waals surface area contributed by atoms with Crippen LogP contribution in [0.1, 0.15) is 21.6 Å². The highest BCUT2D eigenvalue weighted by atomic mass is 16.1. The van der Waals surface area contributed by atoms with Gasteiger partial charge < -0.3 is 10.6 Å². The van der Waals surface area contributed by atoms with Crippen LogP contribution in [-0.4, -0.2) is 22.7 Å². The van der Waals surface area contributed by atoms with Crippen molar-refractivity contribution in [1.29, 1.82) is 0 Å². The van der Waals surface area contributed by atoms with E-state index in [9.17, 15) is 4.79 Å². The molecule has 1 aromatic heterocycles. The quantitative estimate of drug-likeness (QED) is 0.877. The number of hydrogen-bond acceptors (Lipinski definition) is 3. The molecule has 0 saturated heterocycles. The first-order valence-electron chi connectivity index (χ1n) is 6.15. The second kappa shape index (κ2) is 5.67. The van der Waals surface area contributed by atoms with Gasteiger partial charge >= 0.3 is 0 Å². The van der Waals surface area contributed by atoms with Crippen molar-refractivity contribution in [3.8, 4) is 0 Å². The Balaban J connectivity index is 2.15. The zero-order valence-electron chi connectivity index (χ0n) is 11.4. The van der Waals surface area contributed by atoms with Gasteiger partial charge in [-0.3, -0.25) is 9.48 Å². The van der Waals surface area contributed by atoms with Gasteiger partial charge in [-0.05, 0) is 31.7 Å². The average Bonchev–Trinajstić information content (AvgIpc) is 2.71. The van der Waals surface area contributed by atoms with Gasteiger partial charge in [0.1, 0.15) is 0 Å². The van der Waals surface area contributed by atoms with Crippen LogP contribution in [0.4, 0.5) is 5.69 Å². The number of nitrogens with one attached hydrogen (secondary N) is 2. The van der Waals surface area contributed by atoms with Crippen molar-refractivity contribution in [1.82, 2.24) is 15.1 Å². The number of carbonyl (C=O) groups is 1. The predicted molar refractivity (Wildman–Crippen MR) is 75.1 cm³/mol. The monoisotopic (exact) mass is 258 g/mol. The zero-order chi connectivity index (χ0) is 13.8. The van der Waals surface area contributed by atoms with E-state index >= 15 is 0 Å². The third-order valence-electron chi connectivity index (χ3n) is 3.05. The molecule has 0 atom stereocenters. The second-order valence-corrected chi connectivity index (χ2v) is 4.45. The van der Waals surface area contributed by atoms with Gasteiger partial charge in [0.2, 0.25) is 0 Å². The molecule has 5 heteroatoms. The first-order valence-corrected chi connectivity index (χ1v) is 6.15. The minimum absolute atomic E-state index is 0.132.